The van der Waals surface area contributed by atoms with E-state index in [1.54, 1.807) is 10.4 Å². The molecule has 0 amide bonds. The molecule has 2 heteroatoms. The van der Waals surface area contributed by atoms with Crippen LogP contribution in [0, 0.1) is 6.92 Å². The molecular formula is C18H17SiZr-. The molecule has 0 radical (unpaired) electrons. The van der Waals surface area contributed by atoms with Gasteiger partial charge in [-0.2, -0.15) is 0 Å². The normalized spacial score (nSPS) is 14.8. The zero-order valence-corrected chi connectivity index (χ0v) is 15.6. The van der Waals surface area contributed by atoms with Gasteiger partial charge in [0.15, 0.2) is 0 Å². The van der Waals surface area contributed by atoms with Crippen LogP contribution in [0.5, 0.6) is 0 Å². The Hall–Kier alpha value is -0.850. The van der Waals surface area contributed by atoms with Crippen molar-refractivity contribution in [3.63, 3.8) is 0 Å². The van der Waals surface area contributed by atoms with E-state index in [1.165, 1.54) is 27.5 Å². The molecule has 0 atom stereocenters. The van der Waals surface area contributed by atoms with Gasteiger partial charge in [-0.3, -0.25) is 0 Å². The van der Waals surface area contributed by atoms with Crippen LogP contribution in [0.25, 0.3) is 21.9 Å². The van der Waals surface area contributed by atoms with Crippen LogP contribution >= 0.6 is 0 Å². The van der Waals surface area contributed by atoms with Crippen LogP contribution < -0.4 is 10.4 Å². The summed E-state index contributed by atoms with van der Waals surface area (Å²) in [5.41, 5.74) is 4.39. The molecule has 0 fully saturated rings. The first-order valence-corrected chi connectivity index (χ1v) is 9.90. The van der Waals surface area contributed by atoms with E-state index in [9.17, 15) is 0 Å². The van der Waals surface area contributed by atoms with Gasteiger partial charge in [-0.1, -0.05) is 61.1 Å². The van der Waals surface area contributed by atoms with Gasteiger partial charge in [-0.25, -0.2) is 0 Å². The van der Waals surface area contributed by atoms with Crippen molar-refractivity contribution in [2.45, 2.75) is 20.0 Å². The maximum Gasteiger partial charge on any atom is 0.0576 e. The zero-order valence-electron chi connectivity index (χ0n) is 12.1. The fraction of sp³-hybridized carbons (Fsp3) is 0.167. The van der Waals surface area contributed by atoms with Crippen LogP contribution in [0.3, 0.4) is 0 Å². The molecule has 1 aliphatic heterocycles. The van der Waals surface area contributed by atoms with Crippen molar-refractivity contribution in [3.8, 4) is 11.1 Å². The Morgan fingerprint density at radius 1 is 0.950 bits per heavy atom. The second-order valence-electron chi connectivity index (χ2n) is 6.15. The summed E-state index contributed by atoms with van der Waals surface area (Å²) in [6, 6.07) is 18.0. The molecular weight excluding hydrogens is 336 g/mol. The summed E-state index contributed by atoms with van der Waals surface area (Å²) in [5.74, 6) is 0. The Bertz CT molecular complexity index is 797. The monoisotopic (exact) mass is 351 g/mol. The fourth-order valence-electron chi connectivity index (χ4n) is 3.88. The number of benzene rings is 2. The van der Waals surface area contributed by atoms with Crippen LogP contribution in [0.4, 0.5) is 0 Å². The van der Waals surface area contributed by atoms with Crippen LogP contribution in [0.15, 0.2) is 48.5 Å². The number of hydrogen-bond donors (Lipinski definition) is 0. The van der Waals surface area contributed by atoms with E-state index in [4.69, 9.17) is 0 Å². The van der Waals surface area contributed by atoms with E-state index < -0.39 is 8.07 Å². The standard InChI is InChI=1S/C18H17Si.Zr/c1-12-11-14-9-10-15-16(13-7-5-4-6-8-13)17(14)18(12)19(15,2)3;/h4-11H,1-3H3;/q-1;. The van der Waals surface area contributed by atoms with Crippen LogP contribution in [-0.4, -0.2) is 8.07 Å². The number of aryl methyl sites for hydroxylation is 1. The van der Waals surface area contributed by atoms with Crippen LogP contribution in [0.2, 0.25) is 13.1 Å². The molecule has 0 spiro atoms. The summed E-state index contributed by atoms with van der Waals surface area (Å²) in [7, 11) is -1.48. The Morgan fingerprint density at radius 2 is 1.65 bits per heavy atom. The molecule has 1 aliphatic rings. The van der Waals surface area contributed by atoms with Crippen LogP contribution in [0.1, 0.15) is 5.56 Å². The Labute approximate surface area is 140 Å². The van der Waals surface area contributed by atoms with Crippen molar-refractivity contribution in [3.05, 3.63) is 54.1 Å². The molecule has 3 aromatic carbocycles. The molecule has 2 bridgehead atoms. The minimum atomic E-state index is -1.48. The van der Waals surface area contributed by atoms with Crippen molar-refractivity contribution in [1.29, 1.82) is 0 Å². The summed E-state index contributed by atoms with van der Waals surface area (Å²) in [4.78, 5) is 0. The van der Waals surface area contributed by atoms with E-state index in [1.807, 2.05) is 0 Å². The smallest absolute Gasteiger partial charge is 0.0576 e. The third-order valence-corrected chi connectivity index (χ3v) is 8.27. The summed E-state index contributed by atoms with van der Waals surface area (Å²) in [6.07, 6.45) is 0. The molecule has 0 unspecified atom stereocenters. The van der Waals surface area contributed by atoms with Gasteiger partial charge in [0.1, 0.15) is 0 Å². The van der Waals surface area contributed by atoms with E-state index in [-0.39, 0.29) is 26.2 Å². The SMILES string of the molecule is Cc1[cH-]c2ccc3c(-c4ccccc4)c2c1[Si]3(C)C.[Zr]. The first-order chi connectivity index (χ1) is 9.10. The van der Waals surface area contributed by atoms with Crippen molar-refractivity contribution in [1.82, 2.24) is 0 Å². The first-order valence-electron chi connectivity index (χ1n) is 6.90. The van der Waals surface area contributed by atoms with Gasteiger partial charge < -0.3 is 0 Å². The van der Waals surface area contributed by atoms with Gasteiger partial charge in [0.2, 0.25) is 0 Å². The van der Waals surface area contributed by atoms with E-state index >= 15 is 0 Å². The van der Waals surface area contributed by atoms with Crippen molar-refractivity contribution < 1.29 is 26.2 Å². The fourth-order valence-corrected chi connectivity index (χ4v) is 7.49. The number of rotatable bonds is 1. The Balaban J connectivity index is 0.00000121. The average molecular weight is 353 g/mol. The molecule has 0 nitrogen and oxygen atoms in total. The Morgan fingerprint density at radius 3 is 2.35 bits per heavy atom. The van der Waals surface area contributed by atoms with Gasteiger partial charge in [-0.15, -0.1) is 39.7 Å². The molecule has 0 aliphatic carbocycles. The van der Waals surface area contributed by atoms with Gasteiger partial charge in [-0.05, 0) is 5.56 Å². The van der Waals surface area contributed by atoms with Gasteiger partial charge >= 0.3 is 0 Å². The summed E-state index contributed by atoms with van der Waals surface area (Å²) < 4.78 is 0. The third-order valence-electron chi connectivity index (χ3n) is 4.61. The minimum Gasteiger partial charge on any atom is -0.149 e. The first kappa shape index (κ1) is 14.1. The second kappa shape index (κ2) is 4.58. The zero-order chi connectivity index (χ0) is 13.2. The van der Waals surface area contributed by atoms with Crippen molar-refractivity contribution in [2.75, 3.05) is 0 Å². The molecule has 20 heavy (non-hydrogen) atoms. The van der Waals surface area contributed by atoms with E-state index in [0.29, 0.717) is 0 Å². The third kappa shape index (κ3) is 1.64. The average Bonchev–Trinajstić information content (AvgIpc) is 2.82. The summed E-state index contributed by atoms with van der Waals surface area (Å²) in [6.45, 7) is 7.26. The topological polar surface area (TPSA) is 0 Å². The molecule has 98 valence electrons. The molecule has 1 heterocycles. The van der Waals surface area contributed by atoms with Crippen molar-refractivity contribution in [2.24, 2.45) is 0 Å². The summed E-state index contributed by atoms with van der Waals surface area (Å²) in [5, 5.41) is 6.24. The molecule has 0 N–H and O–H groups in total. The molecule has 0 saturated carbocycles. The maximum atomic E-state index is 2.49. The molecule has 0 saturated heterocycles. The number of hydrogen-bond acceptors (Lipinski definition) is 0. The second-order valence-corrected chi connectivity index (χ2v) is 10.4. The minimum absolute atomic E-state index is 0. The molecule has 4 rings (SSSR count). The van der Waals surface area contributed by atoms with Gasteiger partial charge in [0.05, 0.1) is 8.07 Å². The number of fused-ring (bicyclic) bond motifs is 1. The predicted octanol–water partition coefficient (Wildman–Crippen LogP) is 3.67. The van der Waals surface area contributed by atoms with Crippen molar-refractivity contribution >= 4 is 29.2 Å². The predicted molar refractivity (Wildman–Crippen MR) is 86.5 cm³/mol. The van der Waals surface area contributed by atoms with Gasteiger partial charge in [0.25, 0.3) is 0 Å². The van der Waals surface area contributed by atoms with Crippen LogP contribution in [-0.2, 0) is 26.2 Å². The summed E-state index contributed by atoms with van der Waals surface area (Å²) >= 11 is 0. The van der Waals surface area contributed by atoms with E-state index in [0.717, 1.165) is 0 Å². The quantitative estimate of drug-likeness (QED) is 0.463. The van der Waals surface area contributed by atoms with Gasteiger partial charge in [0, 0.05) is 26.2 Å². The molecule has 0 aromatic heterocycles. The Kier molecular flexibility index (Phi) is 3.23. The maximum absolute atomic E-state index is 2.49. The largest absolute Gasteiger partial charge is 0.149 e. The molecule has 3 aromatic rings. The van der Waals surface area contributed by atoms with E-state index in [2.05, 4.69) is 68.5 Å².